The fourth-order valence-corrected chi connectivity index (χ4v) is 3.58. The van der Waals surface area contributed by atoms with E-state index in [-0.39, 0.29) is 5.91 Å². The third kappa shape index (κ3) is 3.51. The maximum atomic E-state index is 12.5. The van der Waals surface area contributed by atoms with Gasteiger partial charge in [-0.25, -0.2) is 0 Å². The summed E-state index contributed by atoms with van der Waals surface area (Å²) in [5.74, 6) is 0.895. The summed E-state index contributed by atoms with van der Waals surface area (Å²) in [7, 11) is 1.63. The Morgan fingerprint density at radius 3 is 2.43 bits per heavy atom. The van der Waals surface area contributed by atoms with E-state index in [9.17, 15) is 4.79 Å². The minimum Gasteiger partial charge on any atom is -0.497 e. The van der Waals surface area contributed by atoms with Gasteiger partial charge in [0.1, 0.15) is 5.75 Å². The number of carbonyl (C=O) groups is 1. The number of hydrogen-bond acceptors (Lipinski definition) is 4. The third-order valence-electron chi connectivity index (χ3n) is 4.98. The monoisotopic (exact) mass is 318 g/mol. The van der Waals surface area contributed by atoms with Crippen LogP contribution in [0.15, 0.2) is 24.3 Å². The van der Waals surface area contributed by atoms with E-state index in [4.69, 9.17) is 9.47 Å². The average Bonchev–Trinajstić information content (AvgIpc) is 2.58. The minimum atomic E-state index is 0.118. The molecule has 5 nitrogen and oxygen atoms in total. The van der Waals surface area contributed by atoms with E-state index in [1.807, 2.05) is 29.2 Å². The number of hydrogen-bond donors (Lipinski definition) is 0. The highest BCUT2D eigenvalue weighted by molar-refractivity contribution is 5.94. The van der Waals surface area contributed by atoms with Crippen molar-refractivity contribution < 1.29 is 14.3 Å². The number of carbonyl (C=O) groups excluding carboxylic acids is 1. The minimum absolute atomic E-state index is 0.118. The maximum absolute atomic E-state index is 12.5. The molecule has 0 spiro atoms. The van der Waals surface area contributed by atoms with Crippen LogP contribution in [-0.2, 0) is 4.74 Å². The topological polar surface area (TPSA) is 42.0 Å². The van der Waals surface area contributed by atoms with Gasteiger partial charge in [-0.1, -0.05) is 6.92 Å². The molecule has 1 aromatic rings. The van der Waals surface area contributed by atoms with E-state index in [1.165, 1.54) is 0 Å². The van der Waals surface area contributed by atoms with Crippen LogP contribution in [0.2, 0.25) is 0 Å². The highest BCUT2D eigenvalue weighted by Gasteiger charge is 2.37. The summed E-state index contributed by atoms with van der Waals surface area (Å²) in [6, 6.07) is 8.45. The zero-order chi connectivity index (χ0) is 16.2. The molecule has 1 aromatic carbocycles. The Balaban J connectivity index is 1.55. The van der Waals surface area contributed by atoms with Gasteiger partial charge in [-0.2, -0.15) is 0 Å². The van der Waals surface area contributed by atoms with Crippen LogP contribution in [0.1, 0.15) is 30.1 Å². The molecular formula is C18H26N2O3. The molecule has 0 bridgehead atoms. The molecule has 2 aliphatic heterocycles. The van der Waals surface area contributed by atoms with Crippen LogP contribution in [0.3, 0.4) is 0 Å². The Morgan fingerprint density at radius 1 is 1.22 bits per heavy atom. The SMILES string of the molecule is CCN(C1CCOCC1)C1CN(C(=O)c2ccc(OC)cc2)C1. The first-order valence-corrected chi connectivity index (χ1v) is 8.49. The summed E-state index contributed by atoms with van der Waals surface area (Å²) in [6.07, 6.45) is 2.22. The van der Waals surface area contributed by atoms with Gasteiger partial charge < -0.3 is 14.4 Å². The van der Waals surface area contributed by atoms with Crippen LogP contribution in [-0.4, -0.2) is 67.7 Å². The summed E-state index contributed by atoms with van der Waals surface area (Å²) in [6.45, 7) is 6.64. The van der Waals surface area contributed by atoms with Crippen molar-refractivity contribution in [1.29, 1.82) is 0 Å². The zero-order valence-corrected chi connectivity index (χ0v) is 14.0. The number of rotatable bonds is 5. The lowest BCUT2D eigenvalue weighted by Gasteiger charge is -2.48. The predicted molar refractivity (Wildman–Crippen MR) is 88.9 cm³/mol. The number of benzene rings is 1. The van der Waals surface area contributed by atoms with E-state index in [2.05, 4.69) is 11.8 Å². The first kappa shape index (κ1) is 16.3. The molecule has 0 atom stereocenters. The molecule has 0 aliphatic carbocycles. The standard InChI is InChI=1S/C18H26N2O3/c1-3-20(15-8-10-23-11-9-15)16-12-19(13-16)18(21)14-4-6-17(22-2)7-5-14/h4-7,15-16H,3,8-13H2,1-2H3. The molecule has 23 heavy (non-hydrogen) atoms. The van der Waals surface area contributed by atoms with E-state index >= 15 is 0 Å². The van der Waals surface area contributed by atoms with Crippen molar-refractivity contribution in [3.05, 3.63) is 29.8 Å². The Kier molecular flexibility index (Phi) is 5.18. The van der Waals surface area contributed by atoms with Crippen molar-refractivity contribution in [3.63, 3.8) is 0 Å². The molecule has 5 heteroatoms. The second-order valence-corrected chi connectivity index (χ2v) is 6.27. The van der Waals surface area contributed by atoms with Crippen LogP contribution in [0.25, 0.3) is 0 Å². The Morgan fingerprint density at radius 2 is 1.87 bits per heavy atom. The smallest absolute Gasteiger partial charge is 0.253 e. The quantitative estimate of drug-likeness (QED) is 0.833. The lowest BCUT2D eigenvalue weighted by molar-refractivity contribution is -0.0222. The lowest BCUT2D eigenvalue weighted by atomic mass is 9.99. The molecule has 0 saturated carbocycles. The van der Waals surface area contributed by atoms with Gasteiger partial charge >= 0.3 is 0 Å². The molecule has 1 amide bonds. The van der Waals surface area contributed by atoms with Crippen molar-refractivity contribution in [2.75, 3.05) is 40.0 Å². The molecule has 126 valence electrons. The van der Waals surface area contributed by atoms with Crippen molar-refractivity contribution in [2.24, 2.45) is 0 Å². The first-order valence-electron chi connectivity index (χ1n) is 8.49. The van der Waals surface area contributed by atoms with E-state index < -0.39 is 0 Å². The number of methoxy groups -OCH3 is 1. The number of likely N-dealkylation sites (N-methyl/N-ethyl adjacent to an activating group) is 1. The van der Waals surface area contributed by atoms with Gasteiger partial charge in [0.2, 0.25) is 0 Å². The van der Waals surface area contributed by atoms with Gasteiger partial charge in [-0.05, 0) is 43.7 Å². The van der Waals surface area contributed by atoms with Gasteiger partial charge in [0.25, 0.3) is 5.91 Å². The van der Waals surface area contributed by atoms with Crippen LogP contribution < -0.4 is 4.74 Å². The molecule has 2 fully saturated rings. The average molecular weight is 318 g/mol. The summed E-state index contributed by atoms with van der Waals surface area (Å²) in [5.41, 5.74) is 0.735. The van der Waals surface area contributed by atoms with Crippen LogP contribution >= 0.6 is 0 Å². The van der Waals surface area contributed by atoms with Gasteiger partial charge in [0.05, 0.1) is 7.11 Å². The van der Waals surface area contributed by atoms with Crippen molar-refractivity contribution in [1.82, 2.24) is 9.80 Å². The predicted octanol–water partition coefficient (Wildman–Crippen LogP) is 2.02. The molecule has 0 aromatic heterocycles. The highest BCUT2D eigenvalue weighted by Crippen LogP contribution is 2.24. The second-order valence-electron chi connectivity index (χ2n) is 6.27. The molecule has 0 radical (unpaired) electrons. The summed E-state index contributed by atoms with van der Waals surface area (Å²) in [5, 5.41) is 0. The largest absolute Gasteiger partial charge is 0.497 e. The number of amides is 1. The Hall–Kier alpha value is -1.59. The summed E-state index contributed by atoms with van der Waals surface area (Å²) < 4.78 is 10.6. The van der Waals surface area contributed by atoms with Crippen molar-refractivity contribution in [2.45, 2.75) is 31.8 Å². The van der Waals surface area contributed by atoms with Crippen LogP contribution in [0, 0.1) is 0 Å². The molecule has 2 heterocycles. The van der Waals surface area contributed by atoms with Gasteiger partial charge in [0.15, 0.2) is 0 Å². The van der Waals surface area contributed by atoms with Crippen LogP contribution in [0.4, 0.5) is 0 Å². The molecule has 3 rings (SSSR count). The number of ether oxygens (including phenoxy) is 2. The van der Waals surface area contributed by atoms with E-state index in [1.54, 1.807) is 7.11 Å². The van der Waals surface area contributed by atoms with Crippen molar-refractivity contribution in [3.8, 4) is 5.75 Å². The van der Waals surface area contributed by atoms with Gasteiger partial charge in [-0.15, -0.1) is 0 Å². The lowest BCUT2D eigenvalue weighted by Crippen LogP contribution is -2.63. The molecule has 2 saturated heterocycles. The molecule has 2 aliphatic rings. The fraction of sp³-hybridized carbons (Fsp3) is 0.611. The molecular weight excluding hydrogens is 292 g/mol. The Labute approximate surface area is 138 Å². The molecule has 0 unspecified atom stereocenters. The van der Waals surface area contributed by atoms with E-state index in [0.29, 0.717) is 12.1 Å². The maximum Gasteiger partial charge on any atom is 0.253 e. The summed E-state index contributed by atoms with van der Waals surface area (Å²) in [4.78, 5) is 17.0. The molecule has 0 N–H and O–H groups in total. The Bertz CT molecular complexity index is 520. The summed E-state index contributed by atoms with van der Waals surface area (Å²) >= 11 is 0. The number of likely N-dealkylation sites (tertiary alicyclic amines) is 1. The van der Waals surface area contributed by atoms with E-state index in [0.717, 1.165) is 57.0 Å². The fourth-order valence-electron chi connectivity index (χ4n) is 3.58. The van der Waals surface area contributed by atoms with Gasteiger partial charge in [-0.3, -0.25) is 9.69 Å². The highest BCUT2D eigenvalue weighted by atomic mass is 16.5. The normalized spacial score (nSPS) is 19.7. The van der Waals surface area contributed by atoms with Crippen molar-refractivity contribution >= 4 is 5.91 Å². The van der Waals surface area contributed by atoms with Gasteiger partial charge in [0, 0.05) is 44.0 Å². The van der Waals surface area contributed by atoms with Crippen LogP contribution in [0.5, 0.6) is 5.75 Å². The second kappa shape index (κ2) is 7.32. The zero-order valence-electron chi connectivity index (χ0n) is 14.0. The number of nitrogens with zero attached hydrogens (tertiary/aromatic N) is 2. The first-order chi connectivity index (χ1) is 11.2. The third-order valence-corrected chi connectivity index (χ3v) is 4.98.